The van der Waals surface area contributed by atoms with E-state index in [9.17, 15) is 4.79 Å². The molecule has 0 radical (unpaired) electrons. The molecule has 84 valence electrons. The average Bonchev–Trinajstić information content (AvgIpc) is 2.31. The van der Waals surface area contributed by atoms with Gasteiger partial charge in [0.1, 0.15) is 0 Å². The van der Waals surface area contributed by atoms with Gasteiger partial charge in [0.25, 0.3) is 5.56 Å². The van der Waals surface area contributed by atoms with Crippen LogP contribution in [0.25, 0.3) is 10.9 Å². The molecule has 0 fully saturated rings. The summed E-state index contributed by atoms with van der Waals surface area (Å²) in [6.07, 6.45) is 2.69. The molecule has 1 aromatic carbocycles. The number of fused-ring (bicyclic) bond motifs is 1. The number of rotatable bonds is 3. The average molecular weight is 234 g/mol. The van der Waals surface area contributed by atoms with Crippen molar-refractivity contribution in [2.45, 2.75) is 18.2 Å². The van der Waals surface area contributed by atoms with Crippen molar-refractivity contribution in [3.63, 3.8) is 0 Å². The normalized spacial score (nSPS) is 10.9. The maximum absolute atomic E-state index is 11.9. The van der Waals surface area contributed by atoms with Crippen molar-refractivity contribution in [2.24, 2.45) is 7.05 Å². The molecule has 0 atom stereocenters. The molecule has 0 aliphatic rings. The van der Waals surface area contributed by atoms with Crippen LogP contribution < -0.4 is 5.56 Å². The maximum Gasteiger partial charge on any atom is 0.260 e. The molecule has 0 spiro atoms. The van der Waals surface area contributed by atoms with Gasteiger partial charge < -0.3 is 4.57 Å². The van der Waals surface area contributed by atoms with Gasteiger partial charge in [-0.1, -0.05) is 6.92 Å². The van der Waals surface area contributed by atoms with E-state index < -0.39 is 0 Å². The Morgan fingerprint density at radius 1 is 1.44 bits per heavy atom. The van der Waals surface area contributed by atoms with Crippen molar-refractivity contribution in [1.82, 2.24) is 9.55 Å². The fraction of sp³-hybridized carbons (Fsp3) is 0.333. The molecule has 0 unspecified atom stereocenters. The van der Waals surface area contributed by atoms with E-state index in [0.29, 0.717) is 5.39 Å². The van der Waals surface area contributed by atoms with Gasteiger partial charge in [-0.05, 0) is 30.4 Å². The molecule has 1 heterocycles. The predicted molar refractivity (Wildman–Crippen MR) is 68.0 cm³/mol. The first-order valence-corrected chi connectivity index (χ1v) is 6.29. The third-order valence-corrected chi connectivity index (χ3v) is 3.56. The van der Waals surface area contributed by atoms with Gasteiger partial charge in [0.2, 0.25) is 0 Å². The summed E-state index contributed by atoms with van der Waals surface area (Å²) in [4.78, 5) is 17.2. The summed E-state index contributed by atoms with van der Waals surface area (Å²) in [6, 6.07) is 5.87. The van der Waals surface area contributed by atoms with Crippen molar-refractivity contribution in [3.8, 4) is 0 Å². The van der Waals surface area contributed by atoms with Crippen LogP contribution in [0.5, 0.6) is 0 Å². The van der Waals surface area contributed by atoms with E-state index in [4.69, 9.17) is 0 Å². The molecule has 0 saturated heterocycles. The van der Waals surface area contributed by atoms with Crippen LogP contribution in [0.3, 0.4) is 0 Å². The Balaban J connectivity index is 2.51. The molecule has 0 aliphatic carbocycles. The third kappa shape index (κ3) is 2.11. The first-order valence-electron chi connectivity index (χ1n) is 5.30. The van der Waals surface area contributed by atoms with Gasteiger partial charge in [0.15, 0.2) is 0 Å². The van der Waals surface area contributed by atoms with Crippen LogP contribution >= 0.6 is 11.8 Å². The van der Waals surface area contributed by atoms with Gasteiger partial charge in [-0.2, -0.15) is 0 Å². The summed E-state index contributed by atoms with van der Waals surface area (Å²) in [5, 5.41) is 0.700. The number of nitrogens with zero attached hydrogens (tertiary/aromatic N) is 2. The molecule has 4 heteroatoms. The number of aryl methyl sites for hydroxylation is 1. The van der Waals surface area contributed by atoms with E-state index in [0.717, 1.165) is 22.6 Å². The Morgan fingerprint density at radius 2 is 2.25 bits per heavy atom. The van der Waals surface area contributed by atoms with Gasteiger partial charge in [-0.3, -0.25) is 4.79 Å². The van der Waals surface area contributed by atoms with Crippen LogP contribution in [0.1, 0.15) is 13.3 Å². The lowest BCUT2D eigenvalue weighted by Gasteiger charge is -2.03. The lowest BCUT2D eigenvalue weighted by atomic mass is 10.2. The minimum Gasteiger partial charge on any atom is -0.302 e. The van der Waals surface area contributed by atoms with Gasteiger partial charge in [-0.25, -0.2) is 4.98 Å². The molecule has 0 bridgehead atoms. The second kappa shape index (κ2) is 4.70. The molecule has 3 nitrogen and oxygen atoms in total. The highest BCUT2D eigenvalue weighted by Crippen LogP contribution is 2.21. The van der Waals surface area contributed by atoms with Crippen LogP contribution in [0.15, 0.2) is 34.2 Å². The van der Waals surface area contributed by atoms with Crippen molar-refractivity contribution in [2.75, 3.05) is 5.75 Å². The van der Waals surface area contributed by atoms with Gasteiger partial charge in [0, 0.05) is 11.9 Å². The topological polar surface area (TPSA) is 34.9 Å². The Hall–Kier alpha value is -1.29. The second-order valence-electron chi connectivity index (χ2n) is 3.69. The zero-order valence-electron chi connectivity index (χ0n) is 9.43. The first-order chi connectivity index (χ1) is 7.72. The lowest BCUT2D eigenvalue weighted by Crippen LogP contribution is -2.16. The Morgan fingerprint density at radius 3 is 3.00 bits per heavy atom. The van der Waals surface area contributed by atoms with Crippen LogP contribution in [-0.4, -0.2) is 15.3 Å². The molecule has 0 saturated carbocycles. The third-order valence-electron chi connectivity index (χ3n) is 2.36. The molecule has 2 aromatic rings. The monoisotopic (exact) mass is 234 g/mol. The van der Waals surface area contributed by atoms with Gasteiger partial charge in [0.05, 0.1) is 17.2 Å². The number of hydrogen-bond donors (Lipinski definition) is 0. The summed E-state index contributed by atoms with van der Waals surface area (Å²) >= 11 is 1.77. The van der Waals surface area contributed by atoms with Crippen LogP contribution in [0, 0.1) is 0 Å². The van der Waals surface area contributed by atoms with E-state index in [1.54, 1.807) is 25.1 Å². The largest absolute Gasteiger partial charge is 0.302 e. The van der Waals surface area contributed by atoms with E-state index in [1.807, 2.05) is 18.2 Å². The smallest absolute Gasteiger partial charge is 0.260 e. The minimum atomic E-state index is 0.0175. The van der Waals surface area contributed by atoms with Gasteiger partial charge >= 0.3 is 0 Å². The fourth-order valence-corrected chi connectivity index (χ4v) is 2.31. The highest BCUT2D eigenvalue weighted by atomic mass is 32.2. The van der Waals surface area contributed by atoms with Crippen molar-refractivity contribution >= 4 is 22.7 Å². The zero-order chi connectivity index (χ0) is 11.5. The molecular weight excluding hydrogens is 220 g/mol. The van der Waals surface area contributed by atoms with E-state index in [1.165, 1.54) is 4.57 Å². The predicted octanol–water partition coefficient (Wildman–Crippen LogP) is 2.44. The van der Waals surface area contributed by atoms with E-state index in [-0.39, 0.29) is 5.56 Å². The standard InChI is InChI=1S/C12H14N2OS/c1-3-6-16-9-4-5-11-10(7-9)12(15)14(2)8-13-11/h4-5,7-8H,3,6H2,1-2H3. The zero-order valence-corrected chi connectivity index (χ0v) is 10.3. The fourth-order valence-electron chi connectivity index (χ4n) is 1.50. The molecule has 16 heavy (non-hydrogen) atoms. The number of aromatic nitrogens is 2. The number of hydrogen-bond acceptors (Lipinski definition) is 3. The van der Waals surface area contributed by atoms with Crippen LogP contribution in [-0.2, 0) is 7.05 Å². The SMILES string of the molecule is CCCSc1ccc2ncn(C)c(=O)c2c1. The minimum absolute atomic E-state index is 0.0175. The maximum atomic E-state index is 11.9. The number of thioether (sulfide) groups is 1. The quantitative estimate of drug-likeness (QED) is 0.765. The van der Waals surface area contributed by atoms with Crippen LogP contribution in [0.4, 0.5) is 0 Å². The Labute approximate surface area is 98.5 Å². The van der Waals surface area contributed by atoms with Crippen LogP contribution in [0.2, 0.25) is 0 Å². The highest BCUT2D eigenvalue weighted by molar-refractivity contribution is 7.99. The summed E-state index contributed by atoms with van der Waals surface area (Å²) in [5.74, 6) is 1.08. The Kier molecular flexibility index (Phi) is 3.29. The van der Waals surface area contributed by atoms with Crippen molar-refractivity contribution in [1.29, 1.82) is 0 Å². The second-order valence-corrected chi connectivity index (χ2v) is 4.86. The lowest BCUT2D eigenvalue weighted by molar-refractivity contribution is 0.842. The summed E-state index contributed by atoms with van der Waals surface area (Å²) < 4.78 is 1.51. The van der Waals surface area contributed by atoms with Crippen molar-refractivity contribution in [3.05, 3.63) is 34.9 Å². The molecule has 0 aliphatic heterocycles. The first kappa shape index (κ1) is 11.2. The summed E-state index contributed by atoms with van der Waals surface area (Å²) in [5.41, 5.74) is 0.785. The molecule has 1 aromatic heterocycles. The molecule has 2 rings (SSSR count). The van der Waals surface area contributed by atoms with Gasteiger partial charge in [-0.15, -0.1) is 11.8 Å². The highest BCUT2D eigenvalue weighted by Gasteiger charge is 2.03. The molecule has 0 amide bonds. The summed E-state index contributed by atoms with van der Waals surface area (Å²) in [6.45, 7) is 2.15. The van der Waals surface area contributed by atoms with E-state index in [2.05, 4.69) is 11.9 Å². The van der Waals surface area contributed by atoms with Crippen molar-refractivity contribution < 1.29 is 0 Å². The Bertz CT molecular complexity index is 562. The molecular formula is C12H14N2OS. The van der Waals surface area contributed by atoms with E-state index >= 15 is 0 Å². The number of benzene rings is 1. The summed E-state index contributed by atoms with van der Waals surface area (Å²) in [7, 11) is 1.72. The molecule has 0 N–H and O–H groups in total.